The van der Waals surface area contributed by atoms with E-state index in [4.69, 9.17) is 9.47 Å². The van der Waals surface area contributed by atoms with Crippen molar-refractivity contribution in [2.75, 3.05) is 12.4 Å². The second-order valence-electron chi connectivity index (χ2n) is 5.31. The van der Waals surface area contributed by atoms with E-state index < -0.39 is 0 Å². The molecule has 1 aromatic carbocycles. The van der Waals surface area contributed by atoms with Gasteiger partial charge in [0.15, 0.2) is 0 Å². The van der Waals surface area contributed by atoms with Crippen LogP contribution in [-0.4, -0.2) is 30.7 Å². The van der Waals surface area contributed by atoms with E-state index in [1.165, 1.54) is 10.5 Å². The van der Waals surface area contributed by atoms with Gasteiger partial charge < -0.3 is 9.47 Å². The van der Waals surface area contributed by atoms with Crippen LogP contribution in [-0.2, 0) is 9.47 Å². The van der Waals surface area contributed by atoms with E-state index in [-0.39, 0.29) is 18.3 Å². The SMILES string of the molecule is Cc1ccc(SCC(COC(C)C)OC(C)C)cc1. The van der Waals surface area contributed by atoms with Crippen molar-refractivity contribution in [3.8, 4) is 0 Å². The number of thioether (sulfide) groups is 1. The van der Waals surface area contributed by atoms with Crippen molar-refractivity contribution in [3.05, 3.63) is 29.8 Å². The minimum absolute atomic E-state index is 0.147. The summed E-state index contributed by atoms with van der Waals surface area (Å²) in [6.45, 7) is 11.0. The summed E-state index contributed by atoms with van der Waals surface area (Å²) in [6, 6.07) is 8.61. The molecule has 0 aliphatic heterocycles. The van der Waals surface area contributed by atoms with Crippen molar-refractivity contribution in [1.82, 2.24) is 0 Å². The van der Waals surface area contributed by atoms with Gasteiger partial charge in [0, 0.05) is 10.6 Å². The number of ether oxygens (including phenoxy) is 2. The maximum Gasteiger partial charge on any atom is 0.0905 e. The van der Waals surface area contributed by atoms with Gasteiger partial charge in [0.2, 0.25) is 0 Å². The molecule has 0 aromatic heterocycles. The third kappa shape index (κ3) is 7.61. The van der Waals surface area contributed by atoms with E-state index in [2.05, 4.69) is 58.9 Å². The van der Waals surface area contributed by atoms with Crippen LogP contribution >= 0.6 is 11.8 Å². The average Bonchev–Trinajstić information content (AvgIpc) is 2.34. The number of hydrogen-bond acceptors (Lipinski definition) is 3. The Labute approximate surface area is 121 Å². The Hall–Kier alpha value is -0.510. The zero-order chi connectivity index (χ0) is 14.3. The molecule has 1 aromatic rings. The first kappa shape index (κ1) is 16.5. The fourth-order valence-electron chi connectivity index (χ4n) is 1.64. The van der Waals surface area contributed by atoms with E-state index in [1.807, 2.05) is 11.8 Å². The highest BCUT2D eigenvalue weighted by atomic mass is 32.2. The minimum Gasteiger partial charge on any atom is -0.376 e. The van der Waals surface area contributed by atoms with Crippen LogP contribution in [0.2, 0.25) is 0 Å². The van der Waals surface area contributed by atoms with Gasteiger partial charge in [-0.3, -0.25) is 0 Å². The van der Waals surface area contributed by atoms with Crippen LogP contribution in [0.25, 0.3) is 0 Å². The highest BCUT2D eigenvalue weighted by Crippen LogP contribution is 2.20. The normalized spacial score (nSPS) is 13.2. The van der Waals surface area contributed by atoms with Gasteiger partial charge in [-0.2, -0.15) is 0 Å². The van der Waals surface area contributed by atoms with Gasteiger partial charge in [-0.15, -0.1) is 11.8 Å². The molecule has 0 radical (unpaired) electrons. The van der Waals surface area contributed by atoms with Gasteiger partial charge in [0.25, 0.3) is 0 Å². The van der Waals surface area contributed by atoms with Crippen molar-refractivity contribution in [3.63, 3.8) is 0 Å². The van der Waals surface area contributed by atoms with Crippen molar-refractivity contribution < 1.29 is 9.47 Å². The van der Waals surface area contributed by atoms with Gasteiger partial charge in [-0.25, -0.2) is 0 Å². The molecule has 19 heavy (non-hydrogen) atoms. The lowest BCUT2D eigenvalue weighted by Gasteiger charge is -2.21. The van der Waals surface area contributed by atoms with E-state index in [1.54, 1.807) is 0 Å². The van der Waals surface area contributed by atoms with E-state index in [0.717, 1.165) is 5.75 Å². The summed E-state index contributed by atoms with van der Waals surface area (Å²) in [4.78, 5) is 1.28. The molecular formula is C16H26O2S. The molecule has 0 spiro atoms. The van der Waals surface area contributed by atoms with E-state index >= 15 is 0 Å². The van der Waals surface area contributed by atoms with Crippen LogP contribution in [0.15, 0.2) is 29.2 Å². The summed E-state index contributed by atoms with van der Waals surface area (Å²) in [6.07, 6.45) is 0.635. The summed E-state index contributed by atoms with van der Waals surface area (Å²) in [5, 5.41) is 0. The first-order valence-electron chi connectivity index (χ1n) is 6.94. The molecule has 0 heterocycles. The molecule has 1 rings (SSSR count). The zero-order valence-electron chi connectivity index (χ0n) is 12.7. The first-order chi connectivity index (χ1) is 8.97. The smallest absolute Gasteiger partial charge is 0.0905 e. The van der Waals surface area contributed by atoms with Crippen LogP contribution in [0.5, 0.6) is 0 Å². The number of hydrogen-bond donors (Lipinski definition) is 0. The summed E-state index contributed by atoms with van der Waals surface area (Å²) < 4.78 is 11.6. The van der Waals surface area contributed by atoms with Crippen LogP contribution in [0.4, 0.5) is 0 Å². The van der Waals surface area contributed by atoms with Crippen LogP contribution in [0, 0.1) is 6.92 Å². The Balaban J connectivity index is 2.44. The van der Waals surface area contributed by atoms with Crippen LogP contribution < -0.4 is 0 Å². The number of aryl methyl sites for hydroxylation is 1. The predicted molar refractivity (Wildman–Crippen MR) is 83.0 cm³/mol. The summed E-state index contributed by atoms with van der Waals surface area (Å²) in [5.74, 6) is 0.925. The molecule has 0 bridgehead atoms. The molecule has 0 aliphatic carbocycles. The maximum absolute atomic E-state index is 5.90. The molecule has 1 unspecified atom stereocenters. The Kier molecular flexibility index (Phi) is 7.51. The lowest BCUT2D eigenvalue weighted by Crippen LogP contribution is -2.27. The molecule has 1 atom stereocenters. The first-order valence-corrected chi connectivity index (χ1v) is 7.92. The molecule has 108 valence electrons. The third-order valence-electron chi connectivity index (χ3n) is 2.54. The molecule has 0 amide bonds. The number of rotatable bonds is 8. The van der Waals surface area contributed by atoms with Gasteiger partial charge in [-0.1, -0.05) is 17.7 Å². The lowest BCUT2D eigenvalue weighted by atomic mass is 10.2. The molecule has 0 saturated heterocycles. The third-order valence-corrected chi connectivity index (χ3v) is 3.68. The summed E-state index contributed by atoms with van der Waals surface area (Å²) >= 11 is 1.83. The molecule has 3 heteroatoms. The van der Waals surface area contributed by atoms with E-state index in [9.17, 15) is 0 Å². The molecular weight excluding hydrogens is 256 g/mol. The summed E-state index contributed by atoms with van der Waals surface area (Å²) in [5.41, 5.74) is 1.29. The number of benzene rings is 1. The minimum atomic E-state index is 0.147. The molecule has 2 nitrogen and oxygen atoms in total. The van der Waals surface area contributed by atoms with Crippen molar-refractivity contribution in [2.24, 2.45) is 0 Å². The van der Waals surface area contributed by atoms with Crippen molar-refractivity contribution >= 4 is 11.8 Å². The van der Waals surface area contributed by atoms with Gasteiger partial charge in [0.05, 0.1) is 24.9 Å². The monoisotopic (exact) mass is 282 g/mol. The topological polar surface area (TPSA) is 18.5 Å². The van der Waals surface area contributed by atoms with Gasteiger partial charge in [-0.05, 0) is 46.8 Å². The fraction of sp³-hybridized carbons (Fsp3) is 0.625. The lowest BCUT2D eigenvalue weighted by molar-refractivity contribution is -0.0472. The van der Waals surface area contributed by atoms with Gasteiger partial charge in [0.1, 0.15) is 0 Å². The van der Waals surface area contributed by atoms with Crippen LogP contribution in [0.1, 0.15) is 33.3 Å². The van der Waals surface area contributed by atoms with Crippen molar-refractivity contribution in [1.29, 1.82) is 0 Å². The average molecular weight is 282 g/mol. The predicted octanol–water partition coefficient (Wildman–Crippen LogP) is 4.31. The maximum atomic E-state index is 5.90. The molecule has 0 N–H and O–H groups in total. The Morgan fingerprint density at radius 3 is 2.16 bits per heavy atom. The Bertz CT molecular complexity index is 346. The molecule has 0 saturated carbocycles. The Morgan fingerprint density at radius 1 is 1.00 bits per heavy atom. The second-order valence-corrected chi connectivity index (χ2v) is 6.41. The van der Waals surface area contributed by atoms with Crippen LogP contribution in [0.3, 0.4) is 0 Å². The zero-order valence-corrected chi connectivity index (χ0v) is 13.5. The van der Waals surface area contributed by atoms with Crippen molar-refractivity contribution in [2.45, 2.75) is 57.8 Å². The standard InChI is InChI=1S/C16H26O2S/c1-12(2)17-10-15(18-13(3)4)11-19-16-8-6-14(5)7-9-16/h6-9,12-13,15H,10-11H2,1-5H3. The highest BCUT2D eigenvalue weighted by molar-refractivity contribution is 7.99. The highest BCUT2D eigenvalue weighted by Gasteiger charge is 2.13. The van der Waals surface area contributed by atoms with E-state index in [0.29, 0.717) is 6.61 Å². The largest absolute Gasteiger partial charge is 0.376 e. The second kappa shape index (κ2) is 8.62. The summed E-state index contributed by atoms with van der Waals surface area (Å²) in [7, 11) is 0. The fourth-order valence-corrected chi connectivity index (χ4v) is 2.52. The molecule has 0 aliphatic rings. The van der Waals surface area contributed by atoms with Gasteiger partial charge >= 0.3 is 0 Å². The Morgan fingerprint density at radius 2 is 1.63 bits per heavy atom. The molecule has 0 fully saturated rings. The quantitative estimate of drug-likeness (QED) is 0.662.